The summed E-state index contributed by atoms with van der Waals surface area (Å²) in [6.45, 7) is 4.20. The van der Waals surface area contributed by atoms with E-state index in [1.54, 1.807) is 13.3 Å². The number of hydrogen-bond acceptors (Lipinski definition) is 4. The number of methoxy groups -OCH3 is 1. The summed E-state index contributed by atoms with van der Waals surface area (Å²) in [5.74, 6) is 0.265. The molecule has 4 bridgehead atoms. The van der Waals surface area contributed by atoms with Gasteiger partial charge in [0.05, 0.1) is 29.8 Å². The molecule has 2 aromatic rings. The molecule has 2 aliphatic carbocycles. The molecular formula is C21H26ClN3O3. The number of piperidine rings is 2. The summed E-state index contributed by atoms with van der Waals surface area (Å²) >= 11 is 6.54. The van der Waals surface area contributed by atoms with E-state index in [1.807, 2.05) is 13.1 Å². The fraction of sp³-hybridized carbons (Fsp3) is 0.619. The van der Waals surface area contributed by atoms with Crippen LogP contribution in [0.5, 0.6) is 5.75 Å². The van der Waals surface area contributed by atoms with Crippen LogP contribution in [-0.4, -0.2) is 50.7 Å². The minimum Gasteiger partial charge on any atom is -0.494 e. The van der Waals surface area contributed by atoms with Crippen molar-refractivity contribution in [2.45, 2.75) is 69.6 Å². The summed E-state index contributed by atoms with van der Waals surface area (Å²) in [4.78, 5) is 23.1. The van der Waals surface area contributed by atoms with Crippen LogP contribution in [0.25, 0.3) is 11.0 Å². The van der Waals surface area contributed by atoms with Crippen LogP contribution in [0.4, 0.5) is 0 Å². The fourth-order valence-corrected chi connectivity index (χ4v) is 6.69. The lowest BCUT2D eigenvalue weighted by Gasteiger charge is -2.63. The number of nitrogens with zero attached hydrogens (tertiary/aromatic N) is 2. The predicted molar refractivity (Wildman–Crippen MR) is 107 cm³/mol. The van der Waals surface area contributed by atoms with Crippen LogP contribution < -0.4 is 4.74 Å². The Balaban J connectivity index is 1.49. The number of aliphatic hydroxyl groups is 1. The van der Waals surface area contributed by atoms with E-state index in [0.717, 1.165) is 30.2 Å². The van der Waals surface area contributed by atoms with Crippen molar-refractivity contribution in [3.05, 3.63) is 23.0 Å². The summed E-state index contributed by atoms with van der Waals surface area (Å²) in [6, 6.07) is 0.249. The van der Waals surface area contributed by atoms with E-state index >= 15 is 0 Å². The molecule has 2 saturated carbocycles. The zero-order valence-electron chi connectivity index (χ0n) is 16.5. The highest BCUT2D eigenvalue weighted by molar-refractivity contribution is 6.37. The summed E-state index contributed by atoms with van der Waals surface area (Å²) in [5, 5.41) is 12.2. The molecule has 2 N–H and O–H groups in total. The standard InChI is InChI=1S/C21H26ClN3O3/c1-11(14-8-23-18-16(14)17(22)15(28-3)9-24-18)19(26)25-12-4-20(2)5-13(25)7-21(27,6-12)10-20/h8-9,11-13,27H,4-7,10H2,1-3H3,(H,23,24). The molecule has 150 valence electrons. The molecule has 4 heterocycles. The molecular weight excluding hydrogens is 378 g/mol. The fourth-order valence-electron chi connectivity index (χ4n) is 6.36. The first kappa shape index (κ1) is 18.3. The van der Waals surface area contributed by atoms with Crippen LogP contribution in [0, 0.1) is 5.41 Å². The number of amides is 1. The van der Waals surface area contributed by atoms with Gasteiger partial charge in [0.1, 0.15) is 5.65 Å². The second kappa shape index (κ2) is 5.86. The van der Waals surface area contributed by atoms with Gasteiger partial charge in [-0.15, -0.1) is 0 Å². The van der Waals surface area contributed by atoms with E-state index in [-0.39, 0.29) is 29.3 Å². The molecule has 2 saturated heterocycles. The van der Waals surface area contributed by atoms with Gasteiger partial charge in [0.25, 0.3) is 0 Å². The zero-order chi connectivity index (χ0) is 19.8. The maximum Gasteiger partial charge on any atom is 0.230 e. The maximum absolute atomic E-state index is 13.6. The molecule has 28 heavy (non-hydrogen) atoms. The number of hydrogen-bond donors (Lipinski definition) is 2. The zero-order valence-corrected chi connectivity index (χ0v) is 17.2. The van der Waals surface area contributed by atoms with Crippen LogP contribution >= 0.6 is 11.6 Å². The number of pyridine rings is 1. The normalized spacial score (nSPS) is 34.8. The van der Waals surface area contributed by atoms with Gasteiger partial charge in [-0.3, -0.25) is 4.79 Å². The smallest absolute Gasteiger partial charge is 0.230 e. The molecule has 2 aromatic heterocycles. The highest BCUT2D eigenvalue weighted by atomic mass is 35.5. The van der Waals surface area contributed by atoms with E-state index in [4.69, 9.17) is 16.3 Å². The van der Waals surface area contributed by atoms with Crippen LogP contribution in [0.15, 0.2) is 12.4 Å². The molecule has 3 unspecified atom stereocenters. The van der Waals surface area contributed by atoms with Crippen molar-refractivity contribution in [1.29, 1.82) is 0 Å². The van der Waals surface area contributed by atoms with Crippen LogP contribution in [0.2, 0.25) is 5.02 Å². The first-order chi connectivity index (χ1) is 13.2. The van der Waals surface area contributed by atoms with Crippen molar-refractivity contribution in [3.8, 4) is 5.75 Å². The Hall–Kier alpha value is -1.79. The lowest BCUT2D eigenvalue weighted by Crippen LogP contribution is -2.68. The number of aromatic nitrogens is 2. The summed E-state index contributed by atoms with van der Waals surface area (Å²) < 4.78 is 5.30. The number of carbonyl (C=O) groups is 1. The summed E-state index contributed by atoms with van der Waals surface area (Å²) in [7, 11) is 1.56. The van der Waals surface area contributed by atoms with Crippen molar-refractivity contribution in [2.75, 3.05) is 7.11 Å². The van der Waals surface area contributed by atoms with E-state index in [1.165, 1.54) is 0 Å². The highest BCUT2D eigenvalue weighted by Gasteiger charge is 2.59. The highest BCUT2D eigenvalue weighted by Crippen LogP contribution is 2.58. The monoisotopic (exact) mass is 403 g/mol. The Labute approximate surface area is 169 Å². The Bertz CT molecular complexity index is 935. The molecule has 4 fully saturated rings. The molecule has 1 amide bonds. The van der Waals surface area contributed by atoms with Crippen molar-refractivity contribution in [2.24, 2.45) is 5.41 Å². The minimum atomic E-state index is -0.595. The molecule has 6 rings (SSSR count). The third kappa shape index (κ3) is 2.50. The third-order valence-electron chi connectivity index (χ3n) is 7.18. The molecule has 4 aliphatic rings. The average Bonchev–Trinajstić information content (AvgIpc) is 3.03. The molecule has 2 aliphatic heterocycles. The molecule has 7 heteroatoms. The van der Waals surface area contributed by atoms with Crippen LogP contribution in [-0.2, 0) is 4.79 Å². The Morgan fingerprint density at radius 3 is 2.68 bits per heavy atom. The van der Waals surface area contributed by atoms with Gasteiger partial charge in [0, 0.05) is 23.7 Å². The Morgan fingerprint density at radius 2 is 2.07 bits per heavy atom. The molecule has 0 spiro atoms. The van der Waals surface area contributed by atoms with Crippen LogP contribution in [0.1, 0.15) is 57.4 Å². The van der Waals surface area contributed by atoms with Gasteiger partial charge in [-0.2, -0.15) is 0 Å². The Kier molecular flexibility index (Phi) is 3.82. The summed E-state index contributed by atoms with van der Waals surface area (Å²) in [5.41, 5.74) is 1.06. The quantitative estimate of drug-likeness (QED) is 0.820. The topological polar surface area (TPSA) is 78.5 Å². The van der Waals surface area contributed by atoms with Crippen molar-refractivity contribution >= 4 is 28.5 Å². The minimum absolute atomic E-state index is 0.112. The van der Waals surface area contributed by atoms with Crippen molar-refractivity contribution < 1.29 is 14.6 Å². The van der Waals surface area contributed by atoms with E-state index in [2.05, 4.69) is 21.8 Å². The van der Waals surface area contributed by atoms with E-state index in [9.17, 15) is 9.90 Å². The second-order valence-corrected chi connectivity index (χ2v) is 9.79. The van der Waals surface area contributed by atoms with Crippen LogP contribution in [0.3, 0.4) is 0 Å². The number of aromatic amines is 1. The van der Waals surface area contributed by atoms with Crippen molar-refractivity contribution in [1.82, 2.24) is 14.9 Å². The Morgan fingerprint density at radius 1 is 1.39 bits per heavy atom. The average molecular weight is 404 g/mol. The predicted octanol–water partition coefficient (Wildman–Crippen LogP) is 3.62. The van der Waals surface area contributed by atoms with Gasteiger partial charge in [-0.25, -0.2) is 4.98 Å². The van der Waals surface area contributed by atoms with Crippen molar-refractivity contribution in [3.63, 3.8) is 0 Å². The second-order valence-electron chi connectivity index (χ2n) is 9.41. The number of halogens is 1. The first-order valence-corrected chi connectivity index (χ1v) is 10.4. The SMILES string of the molecule is COc1cnc2[nH]cc(C(C)C(=O)N3C4CC5(C)CC3CC(O)(C4)C5)c2c1Cl. The number of carbonyl (C=O) groups excluding carboxylic acids is 1. The molecule has 3 atom stereocenters. The number of rotatable bonds is 3. The van der Waals surface area contributed by atoms with Gasteiger partial charge >= 0.3 is 0 Å². The van der Waals surface area contributed by atoms with Gasteiger partial charge in [-0.1, -0.05) is 18.5 Å². The number of nitrogens with one attached hydrogen (secondary N) is 1. The largest absolute Gasteiger partial charge is 0.494 e. The van der Waals surface area contributed by atoms with Gasteiger partial charge in [0.15, 0.2) is 5.75 Å². The lowest BCUT2D eigenvalue weighted by molar-refractivity contribution is -0.193. The molecule has 6 nitrogen and oxygen atoms in total. The molecule has 0 aromatic carbocycles. The van der Waals surface area contributed by atoms with Gasteiger partial charge < -0.3 is 19.7 Å². The first-order valence-electron chi connectivity index (χ1n) is 9.98. The third-order valence-corrected chi connectivity index (χ3v) is 7.55. The summed E-state index contributed by atoms with van der Waals surface area (Å²) in [6.07, 6.45) is 7.64. The number of ether oxygens (including phenoxy) is 1. The van der Waals surface area contributed by atoms with E-state index in [0.29, 0.717) is 29.3 Å². The number of fused-ring (bicyclic) bond motifs is 1. The lowest BCUT2D eigenvalue weighted by atomic mass is 9.54. The van der Waals surface area contributed by atoms with Gasteiger partial charge in [-0.05, 0) is 50.0 Å². The molecule has 0 radical (unpaired) electrons. The van der Waals surface area contributed by atoms with Gasteiger partial charge in [0.2, 0.25) is 5.91 Å². The maximum atomic E-state index is 13.6. The van der Waals surface area contributed by atoms with E-state index < -0.39 is 5.60 Å². The number of H-pyrrole nitrogens is 1.